The monoisotopic (exact) mass is 277 g/mol. The Morgan fingerprint density at radius 2 is 2.40 bits per heavy atom. The van der Waals surface area contributed by atoms with Gasteiger partial charge in [-0.3, -0.25) is 14.8 Å². The minimum atomic E-state index is -0.250. The van der Waals surface area contributed by atoms with Gasteiger partial charge in [0.05, 0.1) is 24.5 Å². The Labute approximate surface area is 117 Å². The minimum Gasteiger partial charge on any atom is -0.483 e. The summed E-state index contributed by atoms with van der Waals surface area (Å²) < 4.78 is 0. The second kappa shape index (κ2) is 6.85. The number of aromatic amines is 2. The first kappa shape index (κ1) is 14.3. The molecule has 0 bridgehead atoms. The van der Waals surface area contributed by atoms with Gasteiger partial charge in [0.2, 0.25) is 0 Å². The van der Waals surface area contributed by atoms with Gasteiger partial charge in [0.1, 0.15) is 5.82 Å². The topological polar surface area (TPSA) is 97.9 Å². The number of imidazole rings is 1. The molecule has 2 aromatic rings. The lowest BCUT2D eigenvalue weighted by atomic mass is 10.1. The number of rotatable bonds is 3. The van der Waals surface area contributed by atoms with E-state index in [1.807, 2.05) is 18.6 Å². The summed E-state index contributed by atoms with van der Waals surface area (Å²) >= 11 is 0. The van der Waals surface area contributed by atoms with Crippen molar-refractivity contribution in [2.75, 3.05) is 6.54 Å². The van der Waals surface area contributed by atoms with Crippen LogP contribution in [0, 0.1) is 6.92 Å². The number of nitrogens with one attached hydrogen (secondary N) is 2. The lowest BCUT2D eigenvalue weighted by Gasteiger charge is -2.22. The molecular weight excluding hydrogens is 258 g/mol. The molecule has 1 aliphatic rings. The maximum atomic E-state index is 8.36. The van der Waals surface area contributed by atoms with E-state index in [4.69, 9.17) is 9.90 Å². The number of nitrogens with zero attached hydrogens (tertiary/aromatic N) is 3. The fourth-order valence-corrected chi connectivity index (χ4v) is 2.61. The maximum Gasteiger partial charge on any atom is 0.290 e. The molecule has 0 amide bonds. The summed E-state index contributed by atoms with van der Waals surface area (Å²) in [4.78, 5) is 18.3. The van der Waals surface area contributed by atoms with E-state index in [1.165, 1.54) is 24.1 Å². The highest BCUT2D eigenvalue weighted by Gasteiger charge is 2.28. The molecule has 0 radical (unpaired) electrons. The first-order valence-corrected chi connectivity index (χ1v) is 6.56. The Balaban J connectivity index is 0.000000452. The molecule has 1 aliphatic heterocycles. The molecule has 108 valence electrons. The lowest BCUT2D eigenvalue weighted by Crippen LogP contribution is -2.24. The molecule has 7 heteroatoms. The molecule has 3 heterocycles. The molecule has 0 saturated carbocycles. The molecule has 3 rings (SSSR count). The van der Waals surface area contributed by atoms with E-state index in [9.17, 15) is 0 Å². The molecular formula is C13H19N5O2. The van der Waals surface area contributed by atoms with Crippen molar-refractivity contribution in [3.05, 3.63) is 35.7 Å². The molecule has 1 atom stereocenters. The summed E-state index contributed by atoms with van der Waals surface area (Å²) in [5.74, 6) is 1.04. The van der Waals surface area contributed by atoms with Crippen LogP contribution in [0.15, 0.2) is 18.6 Å². The van der Waals surface area contributed by atoms with Gasteiger partial charge in [0.25, 0.3) is 6.47 Å². The third kappa shape index (κ3) is 3.24. The summed E-state index contributed by atoms with van der Waals surface area (Å²) in [6.07, 6.45) is 8.02. The molecule has 2 aromatic heterocycles. The SMILES string of the molecule is Cc1cn[nH]c1C1CCCN1Cc1ncc[nH]1.O=CO. The number of aryl methyl sites for hydroxylation is 1. The number of aromatic nitrogens is 4. The molecule has 20 heavy (non-hydrogen) atoms. The average molecular weight is 277 g/mol. The minimum absolute atomic E-state index is 0.250. The Bertz CT molecular complexity index is 523. The van der Waals surface area contributed by atoms with Crippen molar-refractivity contribution >= 4 is 6.47 Å². The Morgan fingerprint density at radius 3 is 3.00 bits per heavy atom. The van der Waals surface area contributed by atoms with Gasteiger partial charge >= 0.3 is 0 Å². The van der Waals surface area contributed by atoms with Crippen molar-refractivity contribution < 1.29 is 9.90 Å². The van der Waals surface area contributed by atoms with Crippen molar-refractivity contribution in [3.8, 4) is 0 Å². The quantitative estimate of drug-likeness (QED) is 0.738. The van der Waals surface area contributed by atoms with E-state index in [-0.39, 0.29) is 6.47 Å². The van der Waals surface area contributed by atoms with Gasteiger partial charge in [0, 0.05) is 12.4 Å². The molecule has 1 fully saturated rings. The van der Waals surface area contributed by atoms with Crippen LogP contribution in [0.4, 0.5) is 0 Å². The van der Waals surface area contributed by atoms with Crippen LogP contribution in [-0.2, 0) is 11.3 Å². The van der Waals surface area contributed by atoms with Crippen LogP contribution in [0.1, 0.15) is 36.0 Å². The average Bonchev–Trinajstić information content (AvgIpc) is 3.13. The van der Waals surface area contributed by atoms with Gasteiger partial charge in [0.15, 0.2) is 0 Å². The Morgan fingerprint density at radius 1 is 1.60 bits per heavy atom. The molecule has 3 N–H and O–H groups in total. The lowest BCUT2D eigenvalue weighted by molar-refractivity contribution is -0.122. The summed E-state index contributed by atoms with van der Waals surface area (Å²) in [7, 11) is 0. The Hall–Kier alpha value is -2.15. The largest absolute Gasteiger partial charge is 0.483 e. The van der Waals surface area contributed by atoms with E-state index in [0.29, 0.717) is 6.04 Å². The number of carbonyl (C=O) groups is 1. The van der Waals surface area contributed by atoms with Crippen LogP contribution in [-0.4, -0.2) is 43.2 Å². The maximum absolute atomic E-state index is 8.36. The van der Waals surface area contributed by atoms with Crippen molar-refractivity contribution in [2.45, 2.75) is 32.4 Å². The van der Waals surface area contributed by atoms with Gasteiger partial charge in [-0.1, -0.05) is 0 Å². The number of likely N-dealkylation sites (tertiary alicyclic amines) is 1. The van der Waals surface area contributed by atoms with Crippen molar-refractivity contribution in [2.24, 2.45) is 0 Å². The molecule has 1 saturated heterocycles. The highest BCUT2D eigenvalue weighted by Crippen LogP contribution is 2.32. The predicted octanol–water partition coefficient (Wildman–Crippen LogP) is 1.48. The zero-order valence-corrected chi connectivity index (χ0v) is 11.4. The van der Waals surface area contributed by atoms with Crippen LogP contribution in [0.3, 0.4) is 0 Å². The van der Waals surface area contributed by atoms with Crippen LogP contribution in [0.2, 0.25) is 0 Å². The third-order valence-electron chi connectivity index (χ3n) is 3.47. The first-order valence-electron chi connectivity index (χ1n) is 6.56. The van der Waals surface area contributed by atoms with Crippen molar-refractivity contribution in [1.29, 1.82) is 0 Å². The summed E-state index contributed by atoms with van der Waals surface area (Å²) in [5, 5.41) is 14.1. The second-order valence-corrected chi connectivity index (χ2v) is 4.74. The number of hydrogen-bond donors (Lipinski definition) is 3. The highest BCUT2D eigenvalue weighted by molar-refractivity contribution is 5.32. The highest BCUT2D eigenvalue weighted by atomic mass is 16.3. The van der Waals surface area contributed by atoms with Gasteiger partial charge in [-0.2, -0.15) is 5.10 Å². The number of carboxylic acid groups (broad SMARTS) is 1. The summed E-state index contributed by atoms with van der Waals surface area (Å²) in [5.41, 5.74) is 2.51. The van der Waals surface area contributed by atoms with Gasteiger partial charge in [-0.15, -0.1) is 0 Å². The number of H-pyrrole nitrogens is 2. The fraction of sp³-hybridized carbons (Fsp3) is 0.462. The smallest absolute Gasteiger partial charge is 0.290 e. The van der Waals surface area contributed by atoms with E-state index >= 15 is 0 Å². The van der Waals surface area contributed by atoms with Gasteiger partial charge < -0.3 is 10.1 Å². The van der Waals surface area contributed by atoms with Crippen LogP contribution in [0.25, 0.3) is 0 Å². The second-order valence-electron chi connectivity index (χ2n) is 4.74. The Kier molecular flexibility index (Phi) is 4.89. The molecule has 7 nitrogen and oxygen atoms in total. The van der Waals surface area contributed by atoms with E-state index in [1.54, 1.807) is 0 Å². The summed E-state index contributed by atoms with van der Waals surface area (Å²) in [6, 6.07) is 0.461. The van der Waals surface area contributed by atoms with Crippen molar-refractivity contribution in [1.82, 2.24) is 25.1 Å². The standard InChI is InChI=1S/C12H17N5.CH2O2/c1-9-7-15-16-12(9)10-3-2-6-17(10)8-11-13-4-5-14-11;2-1-3/h4-5,7,10H,2-3,6,8H2,1H3,(H,13,14)(H,15,16);1H,(H,2,3). The fourth-order valence-electron chi connectivity index (χ4n) is 2.61. The normalized spacial score (nSPS) is 18.6. The van der Waals surface area contributed by atoms with E-state index < -0.39 is 0 Å². The van der Waals surface area contributed by atoms with Crippen LogP contribution in [0.5, 0.6) is 0 Å². The molecule has 0 aliphatic carbocycles. The van der Waals surface area contributed by atoms with Gasteiger partial charge in [-0.25, -0.2) is 4.98 Å². The number of hydrogen-bond acceptors (Lipinski definition) is 4. The molecule has 0 aromatic carbocycles. The summed E-state index contributed by atoms with van der Waals surface area (Å²) in [6.45, 7) is 3.88. The molecule has 0 spiro atoms. The van der Waals surface area contributed by atoms with E-state index in [0.717, 1.165) is 18.9 Å². The zero-order valence-electron chi connectivity index (χ0n) is 11.4. The van der Waals surface area contributed by atoms with Crippen molar-refractivity contribution in [3.63, 3.8) is 0 Å². The van der Waals surface area contributed by atoms with Crippen LogP contribution >= 0.6 is 0 Å². The van der Waals surface area contributed by atoms with Crippen LogP contribution < -0.4 is 0 Å². The zero-order chi connectivity index (χ0) is 14.4. The molecule has 1 unspecified atom stereocenters. The third-order valence-corrected chi connectivity index (χ3v) is 3.47. The van der Waals surface area contributed by atoms with Gasteiger partial charge in [-0.05, 0) is 31.9 Å². The predicted molar refractivity (Wildman–Crippen MR) is 73.0 cm³/mol. The van der Waals surface area contributed by atoms with E-state index in [2.05, 4.69) is 32.0 Å². The first-order chi connectivity index (χ1) is 9.76.